The lowest BCUT2D eigenvalue weighted by molar-refractivity contribution is -0.138. The predicted octanol–water partition coefficient (Wildman–Crippen LogP) is 8.86. The Bertz CT molecular complexity index is 2760. The van der Waals surface area contributed by atoms with Crippen molar-refractivity contribution in [3.63, 3.8) is 0 Å². The molecular formula is C38H33BrF6N12O4S. The largest absolute Gasteiger partial charge is 0.416 e. The third-order valence-corrected chi connectivity index (χ3v) is 8.32. The first-order valence-electron chi connectivity index (χ1n) is 17.4. The molecular weight excluding hydrogens is 914 g/mol. The molecule has 62 heavy (non-hydrogen) atoms. The summed E-state index contributed by atoms with van der Waals surface area (Å²) >= 11 is 0. The number of anilines is 6. The Labute approximate surface area is 358 Å². The van der Waals surface area contributed by atoms with Gasteiger partial charge in [-0.3, -0.25) is 18.2 Å². The zero-order chi connectivity index (χ0) is 44.3. The first-order valence-corrected chi connectivity index (χ1v) is 18.8. The van der Waals surface area contributed by atoms with Gasteiger partial charge in [-0.15, -0.1) is 17.0 Å². The van der Waals surface area contributed by atoms with Gasteiger partial charge in [0.25, 0.3) is 0 Å². The highest BCUT2D eigenvalue weighted by Crippen LogP contribution is 2.32. The number of nitrogen functional groups attached to an aromatic ring is 2. The minimum absolute atomic E-state index is 0. The number of alkyl halides is 6. The molecule has 0 atom stereocenters. The SMILES string of the molecule is Br.Cc1nc2ccccc2n1-c1cc(N)nc(Nc2ccc(C(F)(F)F)cc2)n1.Cc1nc2ccccc2n1-c1cc(N)nc(Nc2ccc(C(F)(F)F)cc2)n1.O=S(=O)(O)O. The highest BCUT2D eigenvalue weighted by atomic mass is 79.9. The van der Waals surface area contributed by atoms with Crippen molar-refractivity contribution in [2.75, 3.05) is 22.1 Å². The highest BCUT2D eigenvalue weighted by molar-refractivity contribution is 8.93. The Morgan fingerprint density at radius 3 is 1.19 bits per heavy atom. The van der Waals surface area contributed by atoms with Gasteiger partial charge < -0.3 is 22.1 Å². The molecule has 0 amide bonds. The van der Waals surface area contributed by atoms with E-state index < -0.39 is 33.9 Å². The molecule has 8 N–H and O–H groups in total. The molecule has 4 heterocycles. The zero-order valence-electron chi connectivity index (χ0n) is 31.9. The molecule has 0 bridgehead atoms. The van der Waals surface area contributed by atoms with Gasteiger partial charge in [0.1, 0.15) is 34.9 Å². The number of halogens is 7. The number of nitrogens with two attached hydrogens (primary N) is 2. The van der Waals surface area contributed by atoms with E-state index in [0.29, 0.717) is 23.0 Å². The molecule has 0 aliphatic heterocycles. The van der Waals surface area contributed by atoms with Gasteiger partial charge in [0.05, 0.1) is 33.2 Å². The molecule has 16 nitrogen and oxygen atoms in total. The summed E-state index contributed by atoms with van der Waals surface area (Å²) in [5, 5.41) is 5.78. The number of nitrogens with one attached hydrogen (secondary N) is 2. The van der Waals surface area contributed by atoms with Gasteiger partial charge in [-0.25, -0.2) is 9.97 Å². The molecule has 4 aromatic heterocycles. The van der Waals surface area contributed by atoms with Crippen LogP contribution < -0.4 is 22.1 Å². The Morgan fingerprint density at radius 1 is 0.548 bits per heavy atom. The average Bonchev–Trinajstić information content (AvgIpc) is 3.68. The molecule has 4 aromatic carbocycles. The summed E-state index contributed by atoms with van der Waals surface area (Å²) in [6, 6.07) is 27.6. The number of hydrogen-bond acceptors (Lipinski definition) is 12. The van der Waals surface area contributed by atoms with Crippen molar-refractivity contribution in [2.24, 2.45) is 0 Å². The lowest BCUT2D eigenvalue weighted by Crippen LogP contribution is -2.07. The molecule has 0 saturated heterocycles. The minimum atomic E-state index is -4.67. The molecule has 0 aliphatic carbocycles. The molecule has 324 valence electrons. The molecule has 0 saturated carbocycles. The summed E-state index contributed by atoms with van der Waals surface area (Å²) in [4.78, 5) is 26.1. The monoisotopic (exact) mass is 946 g/mol. The van der Waals surface area contributed by atoms with Crippen LogP contribution in [0.3, 0.4) is 0 Å². The lowest BCUT2D eigenvalue weighted by atomic mass is 10.2. The normalized spacial score (nSPS) is 11.5. The number of fused-ring (bicyclic) bond motifs is 2. The number of imidazole rings is 2. The summed E-state index contributed by atoms with van der Waals surface area (Å²) in [5.74, 6) is 3.24. The van der Waals surface area contributed by atoms with E-state index in [1.54, 1.807) is 12.1 Å². The standard InChI is InChI=1S/2C19H15F3N6.BrH.H2O4S/c2*1-11-24-14-4-2-3-5-15(14)28(11)17-10-16(23)26-18(27-17)25-13-8-6-12(7-9-13)19(20,21)22;;1-5(2,3)4/h2*2-10H,1H3,(H3,23,25,26,27);1H;(H2,1,2,3,4). The highest BCUT2D eigenvalue weighted by Gasteiger charge is 2.31. The van der Waals surface area contributed by atoms with Crippen molar-refractivity contribution in [2.45, 2.75) is 26.2 Å². The van der Waals surface area contributed by atoms with Crippen LogP contribution in [0.2, 0.25) is 0 Å². The van der Waals surface area contributed by atoms with Crippen LogP contribution in [0, 0.1) is 13.8 Å². The van der Waals surface area contributed by atoms with E-state index >= 15 is 0 Å². The number of benzene rings is 4. The second-order valence-corrected chi connectivity index (χ2v) is 13.7. The van der Waals surface area contributed by atoms with Crippen LogP contribution in [0.15, 0.2) is 109 Å². The summed E-state index contributed by atoms with van der Waals surface area (Å²) in [6.07, 6.45) is -8.78. The van der Waals surface area contributed by atoms with Gasteiger partial charge in [0.2, 0.25) is 11.9 Å². The van der Waals surface area contributed by atoms with Crippen molar-refractivity contribution in [3.8, 4) is 11.6 Å². The topological polar surface area (TPSA) is 238 Å². The van der Waals surface area contributed by atoms with Crippen LogP contribution in [0.5, 0.6) is 0 Å². The van der Waals surface area contributed by atoms with Gasteiger partial charge in [-0.1, -0.05) is 24.3 Å². The maximum Gasteiger partial charge on any atom is 0.416 e. The number of para-hydroxylation sites is 4. The molecule has 8 rings (SSSR count). The van der Waals surface area contributed by atoms with Crippen LogP contribution >= 0.6 is 17.0 Å². The first-order chi connectivity index (χ1) is 28.6. The quantitative estimate of drug-likeness (QED) is 0.0675. The summed E-state index contributed by atoms with van der Waals surface area (Å²) in [6.45, 7) is 3.70. The second kappa shape index (κ2) is 18.4. The van der Waals surface area contributed by atoms with Gasteiger partial charge in [0.15, 0.2) is 0 Å². The second-order valence-electron chi connectivity index (χ2n) is 12.8. The lowest BCUT2D eigenvalue weighted by Gasteiger charge is -2.11. The van der Waals surface area contributed by atoms with Gasteiger partial charge in [-0.05, 0) is 86.6 Å². The van der Waals surface area contributed by atoms with E-state index in [0.717, 1.165) is 58.0 Å². The summed E-state index contributed by atoms with van der Waals surface area (Å²) in [7, 11) is -4.67. The smallest absolute Gasteiger partial charge is 0.383 e. The van der Waals surface area contributed by atoms with Crippen LogP contribution in [0.1, 0.15) is 22.8 Å². The minimum Gasteiger partial charge on any atom is -0.383 e. The molecule has 0 unspecified atom stereocenters. The van der Waals surface area contributed by atoms with E-state index in [2.05, 4.69) is 40.5 Å². The van der Waals surface area contributed by atoms with Crippen molar-refractivity contribution < 1.29 is 43.9 Å². The Hall–Kier alpha value is -6.89. The Kier molecular flexibility index (Phi) is 13.7. The van der Waals surface area contributed by atoms with Gasteiger partial charge >= 0.3 is 22.8 Å². The third-order valence-electron chi connectivity index (χ3n) is 8.32. The fourth-order valence-corrected chi connectivity index (χ4v) is 5.86. The van der Waals surface area contributed by atoms with E-state index in [-0.39, 0.29) is 40.5 Å². The number of hydrogen-bond donors (Lipinski definition) is 6. The van der Waals surface area contributed by atoms with Gasteiger partial charge in [0, 0.05) is 23.5 Å². The average molecular weight is 948 g/mol. The number of aryl methyl sites for hydroxylation is 2. The van der Waals surface area contributed by atoms with Crippen LogP contribution in [-0.4, -0.2) is 56.6 Å². The molecule has 0 fully saturated rings. The number of nitrogens with zero attached hydrogens (tertiary/aromatic N) is 8. The number of aromatic nitrogens is 8. The van der Waals surface area contributed by atoms with Crippen LogP contribution in [-0.2, 0) is 22.8 Å². The maximum absolute atomic E-state index is 12.7. The van der Waals surface area contributed by atoms with Crippen LogP contribution in [0.4, 0.5) is 61.2 Å². The zero-order valence-corrected chi connectivity index (χ0v) is 34.4. The maximum atomic E-state index is 12.7. The Balaban J connectivity index is 0.000000208. The molecule has 0 aliphatic rings. The summed E-state index contributed by atoms with van der Waals surface area (Å²) in [5.41, 5.74) is 14.6. The first kappa shape index (κ1) is 46.2. The molecule has 8 aromatic rings. The van der Waals surface area contributed by atoms with E-state index in [4.69, 9.17) is 29.0 Å². The van der Waals surface area contributed by atoms with Crippen molar-refractivity contribution in [1.82, 2.24) is 39.0 Å². The fraction of sp³-hybridized carbons (Fsp3) is 0.105. The predicted molar refractivity (Wildman–Crippen MR) is 226 cm³/mol. The molecule has 0 radical (unpaired) electrons. The Morgan fingerprint density at radius 2 is 0.871 bits per heavy atom. The van der Waals surface area contributed by atoms with Crippen molar-refractivity contribution in [3.05, 3.63) is 132 Å². The van der Waals surface area contributed by atoms with E-state index in [9.17, 15) is 26.3 Å². The fourth-order valence-electron chi connectivity index (χ4n) is 5.86. The summed E-state index contributed by atoms with van der Waals surface area (Å²) < 4.78 is 111. The van der Waals surface area contributed by atoms with Crippen LogP contribution in [0.25, 0.3) is 33.7 Å². The number of rotatable bonds is 6. The van der Waals surface area contributed by atoms with Gasteiger partial charge in [-0.2, -0.15) is 54.7 Å². The van der Waals surface area contributed by atoms with Crippen molar-refractivity contribution in [1.29, 1.82) is 0 Å². The molecule has 0 spiro atoms. The third kappa shape index (κ3) is 11.7. The van der Waals surface area contributed by atoms with E-state index in [1.165, 1.54) is 24.3 Å². The van der Waals surface area contributed by atoms with Crippen molar-refractivity contribution >= 4 is 84.4 Å². The molecule has 24 heteroatoms. The van der Waals surface area contributed by atoms with E-state index in [1.807, 2.05) is 71.5 Å².